The van der Waals surface area contributed by atoms with Crippen LogP contribution in [0, 0.1) is 11.8 Å². The lowest BCUT2D eigenvalue weighted by atomic mass is 9.87. The van der Waals surface area contributed by atoms with Crippen LogP contribution in [-0.4, -0.2) is 11.2 Å². The molecule has 86 valence electrons. The summed E-state index contributed by atoms with van der Waals surface area (Å²) in [5, 5.41) is 9.69. The summed E-state index contributed by atoms with van der Waals surface area (Å²) in [6.45, 7) is 6.35. The molecule has 0 aromatic heterocycles. The summed E-state index contributed by atoms with van der Waals surface area (Å²) < 4.78 is 0. The fourth-order valence-electron chi connectivity index (χ4n) is 2.25. The number of hydrogen-bond acceptors (Lipinski definition) is 1. The van der Waals surface area contributed by atoms with E-state index in [1.807, 2.05) is 6.92 Å². The Kier molecular flexibility index (Phi) is 5.10. The van der Waals surface area contributed by atoms with Gasteiger partial charge in [-0.05, 0) is 38.0 Å². The normalized spacial score (nSPS) is 24.8. The second kappa shape index (κ2) is 6.12. The Labute approximate surface area is 93.9 Å². The first-order valence-corrected chi connectivity index (χ1v) is 6.18. The minimum atomic E-state index is -0.184. The van der Waals surface area contributed by atoms with E-state index in [4.69, 9.17) is 0 Å². The Morgan fingerprint density at radius 3 is 2.80 bits per heavy atom. The Bertz CT molecular complexity index is 238. The molecule has 0 amide bonds. The Hall–Kier alpha value is -0.560. The third-order valence-corrected chi connectivity index (χ3v) is 3.18. The average molecular weight is 208 g/mol. The molecule has 0 saturated heterocycles. The molecule has 1 nitrogen and oxygen atoms in total. The maximum absolute atomic E-state index is 9.69. The van der Waals surface area contributed by atoms with E-state index in [-0.39, 0.29) is 6.10 Å². The van der Waals surface area contributed by atoms with Crippen molar-refractivity contribution in [2.24, 2.45) is 11.8 Å². The molecule has 1 aliphatic rings. The monoisotopic (exact) mass is 208 g/mol. The van der Waals surface area contributed by atoms with Gasteiger partial charge in [-0.2, -0.15) is 0 Å². The standard InChI is InChI=1S/C14H24O/c1-4-6-14(12(3)15)10-13-8-5-7-11(2)9-13/h5,8-9,11-12,14-15H,4,6-7,10H2,1-3H3. The molecule has 3 unspecified atom stereocenters. The van der Waals surface area contributed by atoms with Crippen LogP contribution in [0.25, 0.3) is 0 Å². The van der Waals surface area contributed by atoms with Crippen LogP contribution >= 0.6 is 0 Å². The SMILES string of the molecule is CCCC(CC1=CC(C)CC=C1)C(C)O. The molecule has 0 saturated carbocycles. The predicted octanol–water partition coefficient (Wildman–Crippen LogP) is 3.70. The van der Waals surface area contributed by atoms with E-state index in [1.165, 1.54) is 5.57 Å². The zero-order chi connectivity index (χ0) is 11.3. The van der Waals surface area contributed by atoms with Crippen molar-refractivity contribution in [3.63, 3.8) is 0 Å². The summed E-state index contributed by atoms with van der Waals surface area (Å²) in [5.74, 6) is 1.09. The van der Waals surface area contributed by atoms with E-state index in [0.29, 0.717) is 11.8 Å². The highest BCUT2D eigenvalue weighted by molar-refractivity contribution is 5.24. The molecule has 1 heteroatoms. The second-order valence-corrected chi connectivity index (χ2v) is 4.85. The van der Waals surface area contributed by atoms with Crippen LogP contribution in [0.4, 0.5) is 0 Å². The molecule has 0 fully saturated rings. The van der Waals surface area contributed by atoms with Crippen LogP contribution in [0.3, 0.4) is 0 Å². The molecule has 0 aliphatic heterocycles. The number of aliphatic hydroxyl groups excluding tert-OH is 1. The number of hydrogen-bond donors (Lipinski definition) is 1. The molecule has 1 rings (SSSR count). The van der Waals surface area contributed by atoms with E-state index in [1.54, 1.807) is 0 Å². The summed E-state index contributed by atoms with van der Waals surface area (Å²) in [5.41, 5.74) is 1.41. The Balaban J connectivity index is 2.53. The lowest BCUT2D eigenvalue weighted by Crippen LogP contribution is -2.17. The molecule has 1 aliphatic carbocycles. The van der Waals surface area contributed by atoms with Crippen molar-refractivity contribution in [2.75, 3.05) is 0 Å². The van der Waals surface area contributed by atoms with Crippen LogP contribution in [0.2, 0.25) is 0 Å². The molecule has 15 heavy (non-hydrogen) atoms. The van der Waals surface area contributed by atoms with Crippen molar-refractivity contribution in [2.45, 2.75) is 52.6 Å². The molecular weight excluding hydrogens is 184 g/mol. The Morgan fingerprint density at radius 2 is 2.27 bits per heavy atom. The van der Waals surface area contributed by atoms with Crippen LogP contribution < -0.4 is 0 Å². The van der Waals surface area contributed by atoms with Crippen molar-refractivity contribution in [1.29, 1.82) is 0 Å². The van der Waals surface area contributed by atoms with Crippen LogP contribution in [0.15, 0.2) is 23.8 Å². The predicted molar refractivity (Wildman–Crippen MR) is 65.7 cm³/mol. The summed E-state index contributed by atoms with van der Waals surface area (Å²) in [4.78, 5) is 0. The van der Waals surface area contributed by atoms with Gasteiger partial charge in [-0.25, -0.2) is 0 Å². The second-order valence-electron chi connectivity index (χ2n) is 4.85. The van der Waals surface area contributed by atoms with Gasteiger partial charge < -0.3 is 5.11 Å². The van der Waals surface area contributed by atoms with Crippen LogP contribution in [-0.2, 0) is 0 Å². The van der Waals surface area contributed by atoms with Gasteiger partial charge in [-0.1, -0.05) is 44.1 Å². The number of allylic oxidation sites excluding steroid dienone is 4. The lowest BCUT2D eigenvalue weighted by molar-refractivity contribution is 0.119. The molecule has 0 bridgehead atoms. The van der Waals surface area contributed by atoms with Gasteiger partial charge in [-0.3, -0.25) is 0 Å². The highest BCUT2D eigenvalue weighted by atomic mass is 16.3. The quantitative estimate of drug-likeness (QED) is 0.730. The minimum Gasteiger partial charge on any atom is -0.393 e. The first-order chi connectivity index (χ1) is 7.13. The highest BCUT2D eigenvalue weighted by Crippen LogP contribution is 2.25. The molecule has 3 atom stereocenters. The topological polar surface area (TPSA) is 20.2 Å². The van der Waals surface area contributed by atoms with Gasteiger partial charge >= 0.3 is 0 Å². The maximum atomic E-state index is 9.69. The summed E-state index contributed by atoms with van der Waals surface area (Å²) in [6.07, 6.45) is 11.1. The van der Waals surface area contributed by atoms with E-state index in [0.717, 1.165) is 25.7 Å². The van der Waals surface area contributed by atoms with Crippen LogP contribution in [0.5, 0.6) is 0 Å². The molecule has 0 aromatic carbocycles. The Morgan fingerprint density at radius 1 is 1.53 bits per heavy atom. The van der Waals surface area contributed by atoms with Crippen molar-refractivity contribution >= 4 is 0 Å². The zero-order valence-corrected chi connectivity index (χ0v) is 10.2. The molecule has 0 spiro atoms. The van der Waals surface area contributed by atoms with Crippen molar-refractivity contribution in [3.05, 3.63) is 23.8 Å². The van der Waals surface area contributed by atoms with Gasteiger partial charge in [0, 0.05) is 0 Å². The zero-order valence-electron chi connectivity index (χ0n) is 10.2. The third kappa shape index (κ3) is 4.21. The van der Waals surface area contributed by atoms with Gasteiger partial charge in [0.1, 0.15) is 0 Å². The summed E-state index contributed by atoms with van der Waals surface area (Å²) in [7, 11) is 0. The van der Waals surface area contributed by atoms with Gasteiger partial charge in [0.15, 0.2) is 0 Å². The van der Waals surface area contributed by atoms with Gasteiger partial charge in [-0.15, -0.1) is 0 Å². The highest BCUT2D eigenvalue weighted by Gasteiger charge is 2.16. The average Bonchev–Trinajstić information content (AvgIpc) is 2.17. The van der Waals surface area contributed by atoms with E-state index >= 15 is 0 Å². The first-order valence-electron chi connectivity index (χ1n) is 6.18. The molecular formula is C14H24O. The largest absolute Gasteiger partial charge is 0.393 e. The van der Waals surface area contributed by atoms with Crippen molar-refractivity contribution < 1.29 is 5.11 Å². The third-order valence-electron chi connectivity index (χ3n) is 3.18. The summed E-state index contributed by atoms with van der Waals surface area (Å²) in [6, 6.07) is 0. The molecule has 0 radical (unpaired) electrons. The molecule has 0 heterocycles. The first kappa shape index (κ1) is 12.5. The van der Waals surface area contributed by atoms with Crippen molar-refractivity contribution in [1.82, 2.24) is 0 Å². The van der Waals surface area contributed by atoms with E-state index < -0.39 is 0 Å². The van der Waals surface area contributed by atoms with E-state index in [2.05, 4.69) is 32.1 Å². The van der Waals surface area contributed by atoms with Gasteiger partial charge in [0.05, 0.1) is 6.10 Å². The maximum Gasteiger partial charge on any atom is 0.0543 e. The fraction of sp³-hybridized carbons (Fsp3) is 0.714. The number of aliphatic hydroxyl groups is 1. The fourth-order valence-corrected chi connectivity index (χ4v) is 2.25. The van der Waals surface area contributed by atoms with Crippen LogP contribution in [0.1, 0.15) is 46.5 Å². The van der Waals surface area contributed by atoms with Gasteiger partial charge in [0.2, 0.25) is 0 Å². The molecule has 0 aromatic rings. The minimum absolute atomic E-state index is 0.184. The molecule has 1 N–H and O–H groups in total. The number of rotatable bonds is 5. The van der Waals surface area contributed by atoms with Crippen molar-refractivity contribution in [3.8, 4) is 0 Å². The van der Waals surface area contributed by atoms with Gasteiger partial charge in [0.25, 0.3) is 0 Å². The summed E-state index contributed by atoms with van der Waals surface area (Å²) >= 11 is 0. The smallest absolute Gasteiger partial charge is 0.0543 e. The van der Waals surface area contributed by atoms with E-state index in [9.17, 15) is 5.11 Å². The lowest BCUT2D eigenvalue weighted by Gasteiger charge is -2.21.